The van der Waals surface area contributed by atoms with Crippen molar-refractivity contribution in [1.82, 2.24) is 4.57 Å². The number of hydrogen-bond acceptors (Lipinski definition) is 3. The van der Waals surface area contributed by atoms with E-state index >= 15 is 0 Å². The van der Waals surface area contributed by atoms with E-state index in [4.69, 9.17) is 10.5 Å². The van der Waals surface area contributed by atoms with Crippen LogP contribution >= 0.6 is 0 Å². The molecule has 0 aliphatic carbocycles. The number of amides is 1. The zero-order valence-electron chi connectivity index (χ0n) is 16.7. The van der Waals surface area contributed by atoms with Crippen LogP contribution in [-0.2, 0) is 28.7 Å². The molecule has 0 aliphatic rings. The van der Waals surface area contributed by atoms with Gasteiger partial charge in [-0.05, 0) is 37.5 Å². The van der Waals surface area contributed by atoms with Crippen molar-refractivity contribution in [2.24, 2.45) is 5.73 Å². The Morgan fingerprint density at radius 1 is 1.17 bits per heavy atom. The first-order valence-corrected chi connectivity index (χ1v) is 9.38. The molecular formula is C21H25F3N2O3. The molecule has 0 aliphatic heterocycles. The molecule has 0 unspecified atom stereocenters. The Bertz CT molecular complexity index is 884. The molecule has 0 saturated heterocycles. The van der Waals surface area contributed by atoms with E-state index < -0.39 is 23.6 Å². The minimum Gasteiger partial charge on any atom is -0.469 e. The summed E-state index contributed by atoms with van der Waals surface area (Å²) in [4.78, 5) is 23.9. The summed E-state index contributed by atoms with van der Waals surface area (Å²) in [6, 6.07) is 4.61. The second kappa shape index (κ2) is 9.15. The standard InChI is InChI=1S/C21H25F3N2O3/c1-4-5-12-26-13(2)18(20(25)28)19(16(26)10-11-17(27)29-3)14-6-8-15(9-7-14)21(22,23)24/h6-9H,4-5,10-12H2,1-3H3,(H2,25,28). The lowest BCUT2D eigenvalue weighted by Gasteiger charge is -2.13. The van der Waals surface area contributed by atoms with Gasteiger partial charge in [0.05, 0.1) is 24.7 Å². The van der Waals surface area contributed by atoms with Crippen LogP contribution in [0.2, 0.25) is 0 Å². The fourth-order valence-corrected chi connectivity index (χ4v) is 3.44. The molecule has 2 N–H and O–H groups in total. The maximum absolute atomic E-state index is 12.9. The largest absolute Gasteiger partial charge is 0.469 e. The van der Waals surface area contributed by atoms with Gasteiger partial charge < -0.3 is 15.0 Å². The van der Waals surface area contributed by atoms with Crippen LogP contribution in [0.1, 0.15) is 53.5 Å². The molecule has 5 nitrogen and oxygen atoms in total. The summed E-state index contributed by atoms with van der Waals surface area (Å²) in [5.41, 5.74) is 7.36. The number of primary amides is 1. The number of alkyl halides is 3. The number of rotatable bonds is 8. The molecule has 2 rings (SSSR count). The average Bonchev–Trinajstić information content (AvgIpc) is 2.95. The van der Waals surface area contributed by atoms with Gasteiger partial charge in [-0.1, -0.05) is 25.5 Å². The summed E-state index contributed by atoms with van der Waals surface area (Å²) in [5.74, 6) is -1.07. The lowest BCUT2D eigenvalue weighted by atomic mass is 9.97. The highest BCUT2D eigenvalue weighted by Crippen LogP contribution is 2.36. The number of ether oxygens (including phenoxy) is 1. The fourth-order valence-electron chi connectivity index (χ4n) is 3.44. The first kappa shape index (κ1) is 22.5. The van der Waals surface area contributed by atoms with Gasteiger partial charge in [-0.25, -0.2) is 0 Å². The van der Waals surface area contributed by atoms with Gasteiger partial charge in [0.25, 0.3) is 5.91 Å². The Labute approximate surface area is 167 Å². The Morgan fingerprint density at radius 3 is 2.28 bits per heavy atom. The van der Waals surface area contributed by atoms with Crippen molar-refractivity contribution in [3.63, 3.8) is 0 Å². The van der Waals surface area contributed by atoms with Crippen LogP contribution in [0.4, 0.5) is 13.2 Å². The summed E-state index contributed by atoms with van der Waals surface area (Å²) in [6.45, 7) is 4.39. The van der Waals surface area contributed by atoms with Gasteiger partial charge in [-0.15, -0.1) is 0 Å². The summed E-state index contributed by atoms with van der Waals surface area (Å²) < 4.78 is 45.4. The van der Waals surface area contributed by atoms with Crippen LogP contribution in [0.15, 0.2) is 24.3 Å². The number of methoxy groups -OCH3 is 1. The third-order valence-electron chi connectivity index (χ3n) is 4.91. The first-order valence-electron chi connectivity index (χ1n) is 9.38. The van der Waals surface area contributed by atoms with Crippen LogP contribution in [-0.4, -0.2) is 23.6 Å². The van der Waals surface area contributed by atoms with Crippen molar-refractivity contribution in [1.29, 1.82) is 0 Å². The van der Waals surface area contributed by atoms with Crippen molar-refractivity contribution in [2.75, 3.05) is 7.11 Å². The molecule has 1 aromatic heterocycles. The lowest BCUT2D eigenvalue weighted by Crippen LogP contribution is -2.13. The van der Waals surface area contributed by atoms with E-state index in [1.165, 1.54) is 19.2 Å². The van der Waals surface area contributed by atoms with Crippen molar-refractivity contribution < 1.29 is 27.5 Å². The fraction of sp³-hybridized carbons (Fsp3) is 0.429. The van der Waals surface area contributed by atoms with Crippen LogP contribution in [0.3, 0.4) is 0 Å². The number of hydrogen-bond donors (Lipinski definition) is 1. The molecule has 1 aromatic carbocycles. The Hall–Kier alpha value is -2.77. The van der Waals surface area contributed by atoms with Gasteiger partial charge in [0, 0.05) is 23.5 Å². The lowest BCUT2D eigenvalue weighted by molar-refractivity contribution is -0.140. The minimum atomic E-state index is -4.46. The van der Waals surface area contributed by atoms with Crippen molar-refractivity contribution in [3.05, 3.63) is 46.8 Å². The van der Waals surface area contributed by atoms with Crippen molar-refractivity contribution >= 4 is 11.9 Å². The third-order valence-corrected chi connectivity index (χ3v) is 4.91. The molecule has 0 bridgehead atoms. The molecule has 1 heterocycles. The van der Waals surface area contributed by atoms with Gasteiger partial charge in [0.15, 0.2) is 0 Å². The topological polar surface area (TPSA) is 74.3 Å². The minimum absolute atomic E-state index is 0.0813. The maximum Gasteiger partial charge on any atom is 0.416 e. The number of nitrogens with two attached hydrogens (primary N) is 1. The Balaban J connectivity index is 2.66. The molecule has 0 radical (unpaired) electrons. The number of benzene rings is 1. The molecule has 29 heavy (non-hydrogen) atoms. The molecule has 1 amide bonds. The van der Waals surface area contributed by atoms with E-state index in [9.17, 15) is 22.8 Å². The van der Waals surface area contributed by atoms with Gasteiger partial charge >= 0.3 is 12.1 Å². The zero-order chi connectivity index (χ0) is 21.8. The van der Waals surface area contributed by atoms with Gasteiger partial charge in [-0.3, -0.25) is 9.59 Å². The number of carbonyl (C=O) groups excluding carboxylic acids is 2. The summed E-state index contributed by atoms with van der Waals surface area (Å²) >= 11 is 0. The Kier molecular flexibility index (Phi) is 7.11. The van der Waals surface area contributed by atoms with Gasteiger partial charge in [0.1, 0.15) is 0 Å². The number of nitrogens with zero attached hydrogens (tertiary/aromatic N) is 1. The van der Waals surface area contributed by atoms with Crippen LogP contribution < -0.4 is 5.73 Å². The van der Waals surface area contributed by atoms with E-state index in [0.717, 1.165) is 25.0 Å². The zero-order valence-corrected chi connectivity index (χ0v) is 16.7. The van der Waals surface area contributed by atoms with Crippen molar-refractivity contribution in [3.8, 4) is 11.1 Å². The van der Waals surface area contributed by atoms with E-state index in [1.807, 2.05) is 11.5 Å². The normalized spacial score (nSPS) is 11.5. The molecule has 8 heteroatoms. The quantitative estimate of drug-likeness (QED) is 0.652. The summed E-state index contributed by atoms with van der Waals surface area (Å²) in [6.07, 6.45) is -2.35. The SMILES string of the molecule is CCCCn1c(C)c(C(N)=O)c(-c2ccc(C(F)(F)F)cc2)c1CCC(=O)OC. The van der Waals surface area contributed by atoms with Gasteiger partial charge in [-0.2, -0.15) is 13.2 Å². The molecule has 2 aromatic rings. The van der Waals surface area contributed by atoms with Crippen molar-refractivity contribution in [2.45, 2.75) is 52.3 Å². The van der Waals surface area contributed by atoms with E-state index in [1.54, 1.807) is 6.92 Å². The highest BCUT2D eigenvalue weighted by atomic mass is 19.4. The monoisotopic (exact) mass is 410 g/mol. The second-order valence-corrected chi connectivity index (χ2v) is 6.80. The predicted octanol–water partition coefficient (Wildman–Crippen LogP) is 4.49. The third kappa shape index (κ3) is 4.99. The highest BCUT2D eigenvalue weighted by molar-refractivity contribution is 6.02. The van der Waals surface area contributed by atoms with E-state index in [0.29, 0.717) is 29.1 Å². The number of halogens is 3. The number of esters is 1. The second-order valence-electron chi connectivity index (χ2n) is 6.80. The molecular weight excluding hydrogens is 385 g/mol. The van der Waals surface area contributed by atoms with E-state index in [-0.39, 0.29) is 18.4 Å². The van der Waals surface area contributed by atoms with Crippen LogP contribution in [0.5, 0.6) is 0 Å². The molecule has 0 atom stereocenters. The predicted molar refractivity (Wildman–Crippen MR) is 103 cm³/mol. The maximum atomic E-state index is 12.9. The number of aromatic nitrogens is 1. The molecule has 0 fully saturated rings. The highest BCUT2D eigenvalue weighted by Gasteiger charge is 2.31. The van der Waals surface area contributed by atoms with Crippen LogP contribution in [0, 0.1) is 6.92 Å². The van der Waals surface area contributed by atoms with Crippen LogP contribution in [0.25, 0.3) is 11.1 Å². The summed E-state index contributed by atoms with van der Waals surface area (Å²) in [5, 5.41) is 0. The average molecular weight is 410 g/mol. The molecule has 0 saturated carbocycles. The molecule has 158 valence electrons. The number of carbonyl (C=O) groups is 2. The first-order chi connectivity index (χ1) is 13.6. The Morgan fingerprint density at radius 2 is 1.79 bits per heavy atom. The smallest absolute Gasteiger partial charge is 0.416 e. The van der Waals surface area contributed by atoms with E-state index in [2.05, 4.69) is 0 Å². The molecule has 0 spiro atoms. The van der Waals surface area contributed by atoms with Gasteiger partial charge in [0.2, 0.25) is 0 Å². The summed E-state index contributed by atoms with van der Waals surface area (Å²) in [7, 11) is 1.29. The number of unbranched alkanes of at least 4 members (excludes halogenated alkanes) is 1.